The molecule has 0 aromatic heterocycles. The topological polar surface area (TPSA) is 21.7 Å². The normalized spacial score (nSPS) is 13.7. The number of halogens is 1. The predicted octanol–water partition coefficient (Wildman–Crippen LogP) is 3.74. The lowest BCUT2D eigenvalue weighted by atomic mass is 10.1. The van der Waals surface area contributed by atoms with E-state index in [4.69, 9.17) is 9.47 Å². The fourth-order valence-corrected chi connectivity index (χ4v) is 2.54. The first-order valence-corrected chi connectivity index (χ1v) is 7.70. The van der Waals surface area contributed by atoms with E-state index in [0.717, 1.165) is 30.2 Å². The largest absolute Gasteiger partial charge is 0.486 e. The molecule has 0 N–H and O–H groups in total. The van der Waals surface area contributed by atoms with Crippen LogP contribution in [0.15, 0.2) is 48.5 Å². The molecule has 0 bridgehead atoms. The maximum Gasteiger partial charge on any atom is 0.161 e. The molecule has 4 heteroatoms. The second-order valence-corrected chi connectivity index (χ2v) is 5.63. The molecule has 0 unspecified atom stereocenters. The highest BCUT2D eigenvalue weighted by Gasteiger charge is 2.12. The van der Waals surface area contributed by atoms with Crippen LogP contribution >= 0.6 is 0 Å². The zero-order valence-electron chi connectivity index (χ0n) is 13.2. The van der Waals surface area contributed by atoms with Gasteiger partial charge in [0.2, 0.25) is 0 Å². The zero-order valence-corrected chi connectivity index (χ0v) is 13.2. The molecule has 3 rings (SSSR count). The summed E-state index contributed by atoms with van der Waals surface area (Å²) in [4.78, 5) is 2.18. The minimum atomic E-state index is -0.211. The van der Waals surface area contributed by atoms with Crippen molar-refractivity contribution in [2.24, 2.45) is 0 Å². The summed E-state index contributed by atoms with van der Waals surface area (Å²) in [5.41, 5.74) is 2.05. The number of fused-ring (bicyclic) bond motifs is 1. The number of likely N-dealkylation sites (N-methyl/N-ethyl adjacent to an activating group) is 1. The Hall–Kier alpha value is -2.33. The number of hydrogen-bond acceptors (Lipinski definition) is 3. The Balaban J connectivity index is 1.56. The van der Waals surface area contributed by atoms with Gasteiger partial charge in [0.15, 0.2) is 11.5 Å². The van der Waals surface area contributed by atoms with E-state index in [-0.39, 0.29) is 5.82 Å². The van der Waals surface area contributed by atoms with Crippen molar-refractivity contribution in [3.05, 3.63) is 65.5 Å². The molecule has 1 aliphatic heterocycles. The van der Waals surface area contributed by atoms with Crippen molar-refractivity contribution < 1.29 is 13.9 Å². The Morgan fingerprint density at radius 1 is 1.09 bits per heavy atom. The van der Waals surface area contributed by atoms with E-state index in [1.165, 1.54) is 17.7 Å². The summed E-state index contributed by atoms with van der Waals surface area (Å²) >= 11 is 0. The summed E-state index contributed by atoms with van der Waals surface area (Å²) in [7, 11) is 2.05. The molecule has 0 atom stereocenters. The van der Waals surface area contributed by atoms with Gasteiger partial charge in [-0.15, -0.1) is 0 Å². The highest BCUT2D eigenvalue weighted by Crippen LogP contribution is 2.30. The molecule has 120 valence electrons. The van der Waals surface area contributed by atoms with Crippen LogP contribution in [0.2, 0.25) is 0 Å². The van der Waals surface area contributed by atoms with Crippen molar-refractivity contribution in [3.8, 4) is 11.5 Å². The lowest BCUT2D eigenvalue weighted by Gasteiger charge is -2.20. The Morgan fingerprint density at radius 2 is 1.91 bits per heavy atom. The quantitative estimate of drug-likeness (QED) is 0.839. The molecule has 2 aromatic rings. The average Bonchev–Trinajstić information content (AvgIpc) is 2.55. The molecule has 0 saturated carbocycles. The van der Waals surface area contributed by atoms with Gasteiger partial charge in [-0.05, 0) is 42.4 Å². The smallest absolute Gasteiger partial charge is 0.161 e. The Kier molecular flexibility index (Phi) is 4.93. The molecule has 0 amide bonds. The van der Waals surface area contributed by atoms with Gasteiger partial charge in [0.1, 0.15) is 19.0 Å². The van der Waals surface area contributed by atoms with Crippen molar-refractivity contribution in [3.63, 3.8) is 0 Å². The van der Waals surface area contributed by atoms with Crippen LogP contribution in [0.4, 0.5) is 4.39 Å². The van der Waals surface area contributed by atoms with Gasteiger partial charge in [0.25, 0.3) is 0 Å². The molecule has 3 nitrogen and oxygen atoms in total. The minimum Gasteiger partial charge on any atom is -0.486 e. The Morgan fingerprint density at radius 3 is 2.74 bits per heavy atom. The summed E-state index contributed by atoms with van der Waals surface area (Å²) in [6.45, 7) is 2.80. The molecular weight excluding hydrogens is 293 g/mol. The lowest BCUT2D eigenvalue weighted by molar-refractivity contribution is 0.171. The van der Waals surface area contributed by atoms with Gasteiger partial charge in [0.05, 0.1) is 0 Å². The van der Waals surface area contributed by atoms with Crippen LogP contribution in [-0.2, 0) is 6.54 Å². The number of hydrogen-bond donors (Lipinski definition) is 0. The van der Waals surface area contributed by atoms with E-state index < -0.39 is 0 Å². The molecule has 1 aliphatic rings. The maximum absolute atomic E-state index is 13.1. The third-order valence-corrected chi connectivity index (χ3v) is 3.64. The number of ether oxygens (including phenoxy) is 2. The second-order valence-electron chi connectivity index (χ2n) is 5.63. The molecule has 2 aromatic carbocycles. The average molecular weight is 313 g/mol. The molecule has 0 spiro atoms. The van der Waals surface area contributed by atoms with E-state index in [2.05, 4.69) is 11.0 Å². The van der Waals surface area contributed by atoms with Gasteiger partial charge in [-0.1, -0.05) is 30.4 Å². The van der Waals surface area contributed by atoms with Crippen LogP contribution in [0, 0.1) is 5.82 Å². The van der Waals surface area contributed by atoms with Crippen LogP contribution in [-0.4, -0.2) is 31.7 Å². The first-order valence-electron chi connectivity index (χ1n) is 7.70. The summed E-state index contributed by atoms with van der Waals surface area (Å²) in [6, 6.07) is 12.6. The van der Waals surface area contributed by atoms with Crippen molar-refractivity contribution in [2.75, 3.05) is 26.8 Å². The van der Waals surface area contributed by atoms with Crippen molar-refractivity contribution in [1.29, 1.82) is 0 Å². The fourth-order valence-electron chi connectivity index (χ4n) is 2.54. The standard InChI is InChI=1S/C19H20FNO2/c1-21(9-3-5-15-4-2-6-17(20)12-15)14-16-7-8-18-19(13-16)23-11-10-22-18/h2-8,12-13H,9-11,14H2,1H3. The van der Waals surface area contributed by atoms with Crippen LogP contribution < -0.4 is 9.47 Å². The van der Waals surface area contributed by atoms with Crippen LogP contribution in [0.3, 0.4) is 0 Å². The van der Waals surface area contributed by atoms with Crippen molar-refractivity contribution in [1.82, 2.24) is 4.90 Å². The molecular formula is C19H20FNO2. The van der Waals surface area contributed by atoms with E-state index >= 15 is 0 Å². The Labute approximate surface area is 136 Å². The molecule has 0 fully saturated rings. The predicted molar refractivity (Wildman–Crippen MR) is 89.2 cm³/mol. The monoisotopic (exact) mass is 313 g/mol. The minimum absolute atomic E-state index is 0.211. The summed E-state index contributed by atoms with van der Waals surface area (Å²) in [5, 5.41) is 0. The first kappa shape index (κ1) is 15.6. The fraction of sp³-hybridized carbons (Fsp3) is 0.263. The van der Waals surface area contributed by atoms with E-state index in [1.54, 1.807) is 6.07 Å². The zero-order chi connectivity index (χ0) is 16.1. The van der Waals surface area contributed by atoms with Crippen molar-refractivity contribution in [2.45, 2.75) is 6.54 Å². The van der Waals surface area contributed by atoms with Gasteiger partial charge in [0, 0.05) is 13.1 Å². The molecule has 1 heterocycles. The van der Waals surface area contributed by atoms with Crippen LogP contribution in [0.5, 0.6) is 11.5 Å². The van der Waals surface area contributed by atoms with Crippen LogP contribution in [0.25, 0.3) is 6.08 Å². The summed E-state index contributed by atoms with van der Waals surface area (Å²) in [6.07, 6.45) is 3.97. The lowest BCUT2D eigenvalue weighted by Crippen LogP contribution is -2.19. The number of benzene rings is 2. The van der Waals surface area contributed by atoms with Gasteiger partial charge >= 0.3 is 0 Å². The Bertz CT molecular complexity index is 700. The molecule has 0 radical (unpaired) electrons. The maximum atomic E-state index is 13.1. The van der Waals surface area contributed by atoms with Crippen LogP contribution in [0.1, 0.15) is 11.1 Å². The van der Waals surface area contributed by atoms with Gasteiger partial charge in [-0.25, -0.2) is 4.39 Å². The molecule has 0 saturated heterocycles. The van der Waals surface area contributed by atoms with Gasteiger partial charge in [-0.2, -0.15) is 0 Å². The van der Waals surface area contributed by atoms with E-state index in [0.29, 0.717) is 13.2 Å². The third-order valence-electron chi connectivity index (χ3n) is 3.64. The van der Waals surface area contributed by atoms with E-state index in [1.807, 2.05) is 37.4 Å². The van der Waals surface area contributed by atoms with Crippen molar-refractivity contribution >= 4 is 6.08 Å². The highest BCUT2D eigenvalue weighted by molar-refractivity contribution is 5.49. The first-order chi connectivity index (χ1) is 11.2. The van der Waals surface area contributed by atoms with E-state index in [9.17, 15) is 4.39 Å². The number of nitrogens with zero attached hydrogens (tertiary/aromatic N) is 1. The summed E-state index contributed by atoms with van der Waals surface area (Å²) in [5.74, 6) is 1.42. The number of rotatable bonds is 5. The summed E-state index contributed by atoms with van der Waals surface area (Å²) < 4.78 is 24.2. The van der Waals surface area contributed by atoms with Gasteiger partial charge in [-0.3, -0.25) is 4.90 Å². The molecule has 0 aliphatic carbocycles. The van der Waals surface area contributed by atoms with Gasteiger partial charge < -0.3 is 9.47 Å². The second kappa shape index (κ2) is 7.29. The highest BCUT2D eigenvalue weighted by atomic mass is 19.1. The molecule has 23 heavy (non-hydrogen) atoms. The SMILES string of the molecule is CN(CC=Cc1cccc(F)c1)Cc1ccc2c(c1)OCCO2. The third kappa shape index (κ3) is 4.33.